The van der Waals surface area contributed by atoms with Gasteiger partial charge >= 0.3 is 0 Å². The van der Waals surface area contributed by atoms with E-state index in [0.717, 1.165) is 31.2 Å². The molecule has 5 nitrogen and oxygen atoms in total. The zero-order chi connectivity index (χ0) is 16.9. The van der Waals surface area contributed by atoms with E-state index < -0.39 is 0 Å². The maximum atomic E-state index is 12.6. The van der Waals surface area contributed by atoms with E-state index >= 15 is 0 Å². The summed E-state index contributed by atoms with van der Waals surface area (Å²) in [4.78, 5) is 14.6. The lowest BCUT2D eigenvalue weighted by Gasteiger charge is -2.33. The van der Waals surface area contributed by atoms with Crippen molar-refractivity contribution in [1.29, 1.82) is 0 Å². The first-order valence-corrected chi connectivity index (χ1v) is 8.41. The van der Waals surface area contributed by atoms with Crippen LogP contribution >= 0.6 is 0 Å². The van der Waals surface area contributed by atoms with Gasteiger partial charge in [0.25, 0.3) is 5.91 Å². The van der Waals surface area contributed by atoms with E-state index in [0.29, 0.717) is 13.1 Å². The summed E-state index contributed by atoms with van der Waals surface area (Å²) in [7, 11) is 0. The summed E-state index contributed by atoms with van der Waals surface area (Å²) >= 11 is 0. The Labute approximate surface area is 138 Å². The van der Waals surface area contributed by atoms with E-state index in [1.54, 1.807) is 6.92 Å². The molecule has 2 atom stereocenters. The highest BCUT2D eigenvalue weighted by Crippen LogP contribution is 2.42. The molecule has 1 aliphatic carbocycles. The summed E-state index contributed by atoms with van der Waals surface area (Å²) in [5.74, 6) is 0.113. The number of nitrogens with two attached hydrogens (primary N) is 1. The maximum Gasteiger partial charge on any atom is 0.256 e. The first kappa shape index (κ1) is 17.9. The Hall–Kier alpha value is -1.43. The van der Waals surface area contributed by atoms with Gasteiger partial charge in [0.2, 0.25) is 0 Å². The van der Waals surface area contributed by atoms with Gasteiger partial charge in [-0.25, -0.2) is 0 Å². The molecule has 1 aromatic carbocycles. The molecule has 2 fully saturated rings. The molecule has 128 valence electrons. The molecule has 3 N–H and O–H groups in total. The molecule has 23 heavy (non-hydrogen) atoms. The molecule has 1 aliphatic heterocycles. The Morgan fingerprint density at radius 1 is 1.39 bits per heavy atom. The Kier molecular flexibility index (Phi) is 6.16. The highest BCUT2D eigenvalue weighted by atomic mass is 16.5. The Balaban J connectivity index is 0.000000338. The van der Waals surface area contributed by atoms with Gasteiger partial charge in [0.05, 0.1) is 12.2 Å². The first-order chi connectivity index (χ1) is 11.0. The minimum atomic E-state index is -0.338. The van der Waals surface area contributed by atoms with Crippen molar-refractivity contribution in [3.8, 4) is 0 Å². The van der Waals surface area contributed by atoms with Crippen LogP contribution in [0.5, 0.6) is 0 Å². The monoisotopic (exact) mass is 320 g/mol. The van der Waals surface area contributed by atoms with Crippen molar-refractivity contribution in [1.82, 2.24) is 4.90 Å². The third-order valence-electron chi connectivity index (χ3n) is 4.34. The van der Waals surface area contributed by atoms with Gasteiger partial charge in [-0.2, -0.15) is 0 Å². The predicted octanol–water partition coefficient (Wildman–Crippen LogP) is 2.14. The van der Waals surface area contributed by atoms with Crippen LogP contribution in [0.25, 0.3) is 0 Å². The molecular weight excluding hydrogens is 292 g/mol. The van der Waals surface area contributed by atoms with Gasteiger partial charge in [-0.15, -0.1) is 0 Å². The predicted molar refractivity (Wildman–Crippen MR) is 90.0 cm³/mol. The molecule has 5 heteroatoms. The highest BCUT2D eigenvalue weighted by molar-refractivity contribution is 5.94. The van der Waals surface area contributed by atoms with E-state index in [1.165, 1.54) is 0 Å². The van der Waals surface area contributed by atoms with Crippen LogP contribution in [0.15, 0.2) is 30.3 Å². The summed E-state index contributed by atoms with van der Waals surface area (Å²) in [6.45, 7) is 4.78. The van der Waals surface area contributed by atoms with Gasteiger partial charge in [0.15, 0.2) is 0 Å². The van der Waals surface area contributed by atoms with Crippen LogP contribution in [0.4, 0.5) is 0 Å². The molecule has 1 aromatic rings. The Morgan fingerprint density at radius 2 is 1.96 bits per heavy atom. The zero-order valence-electron chi connectivity index (χ0n) is 14.1. The fraction of sp³-hybridized carbons (Fsp3) is 0.611. The third-order valence-corrected chi connectivity index (χ3v) is 4.34. The van der Waals surface area contributed by atoms with Crippen molar-refractivity contribution in [2.75, 3.05) is 13.1 Å². The quantitative estimate of drug-likeness (QED) is 0.875. The van der Waals surface area contributed by atoms with Gasteiger partial charge < -0.3 is 20.5 Å². The number of rotatable bonds is 2. The topological polar surface area (TPSA) is 75.8 Å². The lowest BCUT2D eigenvalue weighted by Crippen LogP contribution is -2.46. The second kappa shape index (κ2) is 7.90. The van der Waals surface area contributed by atoms with Crippen molar-refractivity contribution in [2.24, 2.45) is 5.73 Å². The smallest absolute Gasteiger partial charge is 0.256 e. The van der Waals surface area contributed by atoms with E-state index in [-0.39, 0.29) is 23.8 Å². The number of hydrogen-bond donors (Lipinski definition) is 2. The Morgan fingerprint density at radius 3 is 2.48 bits per heavy atom. The summed E-state index contributed by atoms with van der Waals surface area (Å²) < 4.78 is 6.07. The molecule has 0 unspecified atom stereocenters. The van der Waals surface area contributed by atoms with Crippen LogP contribution in [0, 0.1) is 0 Å². The molecule has 2 aliphatic rings. The zero-order valence-corrected chi connectivity index (χ0v) is 14.1. The number of benzene rings is 1. The number of nitrogens with zero attached hydrogens (tertiary/aromatic N) is 1. The molecule has 1 spiro atoms. The van der Waals surface area contributed by atoms with Crippen LogP contribution in [-0.2, 0) is 4.74 Å². The van der Waals surface area contributed by atoms with Crippen molar-refractivity contribution in [3.63, 3.8) is 0 Å². The van der Waals surface area contributed by atoms with Crippen LogP contribution in [-0.4, -0.2) is 46.9 Å². The second-order valence-corrected chi connectivity index (χ2v) is 6.45. The summed E-state index contributed by atoms with van der Waals surface area (Å²) in [5, 5.41) is 8.24. The number of aliphatic hydroxyl groups is 1. The number of carbonyl (C=O) groups is 1. The number of ether oxygens (including phenoxy) is 1. The van der Waals surface area contributed by atoms with Gasteiger partial charge in [-0.3, -0.25) is 4.79 Å². The van der Waals surface area contributed by atoms with E-state index in [1.807, 2.05) is 35.2 Å². The molecule has 1 saturated carbocycles. The highest BCUT2D eigenvalue weighted by Gasteiger charge is 2.49. The van der Waals surface area contributed by atoms with Crippen molar-refractivity contribution in [3.05, 3.63) is 35.9 Å². The van der Waals surface area contributed by atoms with E-state index in [2.05, 4.69) is 6.92 Å². The van der Waals surface area contributed by atoms with E-state index in [4.69, 9.17) is 15.6 Å². The maximum absolute atomic E-state index is 12.6. The minimum absolute atomic E-state index is 0.113. The summed E-state index contributed by atoms with van der Waals surface area (Å²) in [5.41, 5.74) is 5.37. The minimum Gasteiger partial charge on any atom is -0.392 e. The molecular formula is C18H28N2O3. The fourth-order valence-electron chi connectivity index (χ4n) is 3.22. The lowest BCUT2D eigenvalue weighted by atomic mass is 10.1. The fourth-order valence-corrected chi connectivity index (χ4v) is 3.22. The molecule has 1 amide bonds. The van der Waals surface area contributed by atoms with Gasteiger partial charge in [-0.05, 0) is 51.7 Å². The van der Waals surface area contributed by atoms with Crippen LogP contribution in [0.2, 0.25) is 0 Å². The summed E-state index contributed by atoms with van der Waals surface area (Å²) in [6, 6.07) is 9.52. The van der Waals surface area contributed by atoms with Crippen molar-refractivity contribution >= 4 is 5.91 Å². The first-order valence-electron chi connectivity index (χ1n) is 8.41. The molecule has 0 radical (unpaired) electrons. The normalized spacial score (nSPS) is 23.5. The number of amides is 1. The largest absolute Gasteiger partial charge is 0.392 e. The molecule has 0 bridgehead atoms. The van der Waals surface area contributed by atoms with E-state index in [9.17, 15) is 4.79 Å². The third kappa shape index (κ3) is 4.31. The van der Waals surface area contributed by atoms with Crippen molar-refractivity contribution < 1.29 is 14.6 Å². The summed E-state index contributed by atoms with van der Waals surface area (Å²) in [6.07, 6.45) is 4.09. The average molecular weight is 320 g/mol. The SMILES string of the molecule is C[C@H](O)CN.C[C@H]1CN(C(=O)c2ccccc2)C2(CCCC2)O1. The lowest BCUT2D eigenvalue weighted by molar-refractivity contribution is -0.0824. The molecule has 1 heterocycles. The Bertz CT molecular complexity index is 498. The van der Waals surface area contributed by atoms with Crippen LogP contribution in [0.1, 0.15) is 49.9 Å². The van der Waals surface area contributed by atoms with Crippen LogP contribution in [0.3, 0.4) is 0 Å². The molecule has 1 saturated heterocycles. The second-order valence-electron chi connectivity index (χ2n) is 6.45. The number of hydrogen-bond acceptors (Lipinski definition) is 4. The van der Waals surface area contributed by atoms with Crippen LogP contribution < -0.4 is 5.73 Å². The van der Waals surface area contributed by atoms with Gasteiger partial charge in [0.1, 0.15) is 5.72 Å². The standard InChI is InChI=1S/C15H19NO2.C3H9NO/c1-12-11-16(15(18-12)9-5-6-10-15)14(17)13-7-3-2-4-8-13;1-3(5)2-4/h2-4,7-8,12H,5-6,9-11H2,1H3;3,5H,2,4H2,1H3/t12-;3-/m00/s1. The van der Waals surface area contributed by atoms with Gasteiger partial charge in [0, 0.05) is 18.7 Å². The average Bonchev–Trinajstić information content (AvgIpc) is 3.15. The van der Waals surface area contributed by atoms with Gasteiger partial charge in [-0.1, -0.05) is 18.2 Å². The molecule has 0 aromatic heterocycles. The number of aliphatic hydroxyl groups excluding tert-OH is 1. The number of carbonyl (C=O) groups excluding carboxylic acids is 1. The van der Waals surface area contributed by atoms with Crippen molar-refractivity contribution in [2.45, 2.75) is 57.5 Å². The molecule has 3 rings (SSSR count).